The van der Waals surface area contributed by atoms with Crippen LogP contribution in [0.2, 0.25) is 0 Å². The summed E-state index contributed by atoms with van der Waals surface area (Å²) in [4.78, 5) is 10.4. The molecule has 4 nitrogen and oxygen atoms in total. The fourth-order valence-electron chi connectivity index (χ4n) is 2.46. The van der Waals surface area contributed by atoms with E-state index in [1.54, 1.807) is 12.1 Å². The summed E-state index contributed by atoms with van der Waals surface area (Å²) in [5.41, 5.74) is -0.341. The van der Waals surface area contributed by atoms with E-state index in [9.17, 15) is 13.2 Å². The quantitative estimate of drug-likeness (QED) is 0.935. The fourth-order valence-corrected chi connectivity index (χ4v) is 2.46. The molecule has 0 bridgehead atoms. The number of alkyl halides is 3. The van der Waals surface area contributed by atoms with E-state index in [0.29, 0.717) is 11.5 Å². The lowest BCUT2D eigenvalue weighted by atomic mass is 10.2. The Kier molecular flexibility index (Phi) is 3.87. The Morgan fingerprint density at radius 1 is 1.05 bits per heavy atom. The maximum Gasteiger partial charge on any atom is 0.416 e. The van der Waals surface area contributed by atoms with Crippen LogP contribution >= 0.6 is 0 Å². The summed E-state index contributed by atoms with van der Waals surface area (Å²) >= 11 is 0. The van der Waals surface area contributed by atoms with Crippen LogP contribution < -0.4 is 10.2 Å². The van der Waals surface area contributed by atoms with Crippen molar-refractivity contribution in [1.29, 1.82) is 0 Å². The van der Waals surface area contributed by atoms with Crippen molar-refractivity contribution in [1.82, 2.24) is 9.97 Å². The number of halogens is 3. The lowest BCUT2D eigenvalue weighted by Gasteiger charge is -2.17. The molecule has 0 amide bonds. The Morgan fingerprint density at radius 3 is 2.55 bits per heavy atom. The topological polar surface area (TPSA) is 41.0 Å². The van der Waals surface area contributed by atoms with Gasteiger partial charge in [-0.3, -0.25) is 0 Å². The molecular formula is C15H15F3N4. The smallest absolute Gasteiger partial charge is 0.356 e. The second-order valence-electron chi connectivity index (χ2n) is 5.16. The zero-order chi connectivity index (χ0) is 15.6. The molecule has 1 N–H and O–H groups in total. The summed E-state index contributed by atoms with van der Waals surface area (Å²) in [6.45, 7) is 1.89. The lowest BCUT2D eigenvalue weighted by molar-refractivity contribution is -0.137. The Labute approximate surface area is 126 Å². The summed E-state index contributed by atoms with van der Waals surface area (Å²) in [5, 5.41) is 2.90. The second kappa shape index (κ2) is 5.82. The van der Waals surface area contributed by atoms with Crippen molar-refractivity contribution >= 4 is 17.3 Å². The second-order valence-corrected chi connectivity index (χ2v) is 5.16. The Bertz CT molecular complexity index is 651. The zero-order valence-electron chi connectivity index (χ0n) is 11.8. The normalized spacial score (nSPS) is 15.1. The Hall–Kier alpha value is -2.31. The maximum atomic E-state index is 12.7. The molecule has 1 aliphatic heterocycles. The number of hydrogen-bond acceptors (Lipinski definition) is 4. The van der Waals surface area contributed by atoms with E-state index in [0.717, 1.165) is 43.9 Å². The van der Waals surface area contributed by atoms with Gasteiger partial charge < -0.3 is 10.2 Å². The van der Waals surface area contributed by atoms with Gasteiger partial charge in [0, 0.05) is 24.8 Å². The highest BCUT2D eigenvalue weighted by Crippen LogP contribution is 2.31. The number of benzene rings is 1. The average Bonchev–Trinajstić information content (AvgIpc) is 3.01. The van der Waals surface area contributed by atoms with Crippen LogP contribution in [0, 0.1) is 0 Å². The largest absolute Gasteiger partial charge is 0.416 e. The predicted molar refractivity (Wildman–Crippen MR) is 78.2 cm³/mol. The van der Waals surface area contributed by atoms with Crippen LogP contribution in [0.4, 0.5) is 30.5 Å². The molecule has 0 saturated carbocycles. The van der Waals surface area contributed by atoms with E-state index in [-0.39, 0.29) is 0 Å². The summed E-state index contributed by atoms with van der Waals surface area (Å²) in [6, 6.07) is 6.81. The van der Waals surface area contributed by atoms with Crippen molar-refractivity contribution in [3.05, 3.63) is 42.2 Å². The summed E-state index contributed by atoms with van der Waals surface area (Å²) in [6.07, 6.45) is -0.686. The lowest BCUT2D eigenvalue weighted by Crippen LogP contribution is -2.19. The van der Waals surface area contributed by atoms with Crippen LogP contribution in [0.5, 0.6) is 0 Å². The molecule has 2 heterocycles. The molecule has 7 heteroatoms. The predicted octanol–water partition coefficient (Wildman–Crippen LogP) is 3.84. The maximum absolute atomic E-state index is 12.7. The van der Waals surface area contributed by atoms with Gasteiger partial charge in [-0.15, -0.1) is 0 Å². The molecule has 2 aromatic rings. The van der Waals surface area contributed by atoms with Gasteiger partial charge in [0.25, 0.3) is 0 Å². The minimum Gasteiger partial charge on any atom is -0.356 e. The van der Waals surface area contributed by atoms with Gasteiger partial charge in [0.15, 0.2) is 0 Å². The van der Waals surface area contributed by atoms with Crippen LogP contribution in [0.1, 0.15) is 18.4 Å². The average molecular weight is 308 g/mol. The third-order valence-electron chi connectivity index (χ3n) is 3.55. The van der Waals surface area contributed by atoms with Crippen LogP contribution in [0.25, 0.3) is 0 Å². The van der Waals surface area contributed by atoms with Gasteiger partial charge in [-0.05, 0) is 31.0 Å². The van der Waals surface area contributed by atoms with Gasteiger partial charge in [0.05, 0.1) is 5.56 Å². The molecule has 1 saturated heterocycles. The van der Waals surface area contributed by atoms with Crippen LogP contribution in [-0.2, 0) is 6.18 Å². The number of nitrogens with zero attached hydrogens (tertiary/aromatic N) is 3. The molecule has 1 aromatic heterocycles. The summed E-state index contributed by atoms with van der Waals surface area (Å²) in [5.74, 6) is 1.28. The van der Waals surface area contributed by atoms with Crippen molar-refractivity contribution in [2.45, 2.75) is 19.0 Å². The number of hydrogen-bond donors (Lipinski definition) is 1. The van der Waals surface area contributed by atoms with Gasteiger partial charge in [-0.25, -0.2) is 9.97 Å². The first-order valence-electron chi connectivity index (χ1n) is 7.04. The highest BCUT2D eigenvalue weighted by Gasteiger charge is 2.30. The standard InChI is InChI=1S/C15H15F3N4/c16-15(17,18)11-4-3-5-12(8-11)21-13-9-14(20-10-19-13)22-6-1-2-7-22/h3-5,8-10H,1-2,6-7H2,(H,19,20,21). The molecule has 1 fully saturated rings. The van der Waals surface area contributed by atoms with Crippen LogP contribution in [0.15, 0.2) is 36.7 Å². The van der Waals surface area contributed by atoms with Gasteiger partial charge >= 0.3 is 6.18 Å². The van der Waals surface area contributed by atoms with E-state index < -0.39 is 11.7 Å². The molecule has 22 heavy (non-hydrogen) atoms. The highest BCUT2D eigenvalue weighted by atomic mass is 19.4. The Morgan fingerprint density at radius 2 is 1.82 bits per heavy atom. The van der Waals surface area contributed by atoms with E-state index in [1.807, 2.05) is 0 Å². The summed E-state index contributed by atoms with van der Waals surface area (Å²) in [7, 11) is 0. The van der Waals surface area contributed by atoms with Gasteiger partial charge in [-0.2, -0.15) is 13.2 Å². The number of anilines is 3. The SMILES string of the molecule is FC(F)(F)c1cccc(Nc2cc(N3CCCC3)ncn2)c1. The molecule has 0 radical (unpaired) electrons. The minimum absolute atomic E-state index is 0.348. The van der Waals surface area contributed by atoms with Crippen molar-refractivity contribution in [3.8, 4) is 0 Å². The fraction of sp³-hybridized carbons (Fsp3) is 0.333. The van der Waals surface area contributed by atoms with Crippen molar-refractivity contribution in [2.24, 2.45) is 0 Å². The highest BCUT2D eigenvalue weighted by molar-refractivity contribution is 5.60. The van der Waals surface area contributed by atoms with Crippen LogP contribution in [0.3, 0.4) is 0 Å². The number of rotatable bonds is 3. The summed E-state index contributed by atoms with van der Waals surface area (Å²) < 4.78 is 38.1. The van der Waals surface area contributed by atoms with Crippen molar-refractivity contribution < 1.29 is 13.2 Å². The van der Waals surface area contributed by atoms with Gasteiger partial charge in [0.2, 0.25) is 0 Å². The first kappa shape index (κ1) is 14.6. The molecule has 0 aliphatic carbocycles. The van der Waals surface area contributed by atoms with E-state index in [4.69, 9.17) is 0 Å². The monoisotopic (exact) mass is 308 g/mol. The molecular weight excluding hydrogens is 293 g/mol. The van der Waals surface area contributed by atoms with Crippen molar-refractivity contribution in [3.63, 3.8) is 0 Å². The van der Waals surface area contributed by atoms with Gasteiger partial charge in [0.1, 0.15) is 18.0 Å². The molecule has 116 valence electrons. The minimum atomic E-state index is -4.36. The third-order valence-corrected chi connectivity index (χ3v) is 3.55. The van der Waals surface area contributed by atoms with Crippen molar-refractivity contribution in [2.75, 3.05) is 23.3 Å². The Balaban J connectivity index is 1.80. The van der Waals surface area contributed by atoms with E-state index >= 15 is 0 Å². The third kappa shape index (κ3) is 3.29. The first-order chi connectivity index (χ1) is 10.5. The first-order valence-corrected chi connectivity index (χ1v) is 7.04. The van der Waals surface area contributed by atoms with Gasteiger partial charge in [-0.1, -0.05) is 6.07 Å². The molecule has 0 unspecified atom stereocenters. The molecule has 3 rings (SSSR count). The molecule has 0 spiro atoms. The van der Waals surface area contributed by atoms with E-state index in [1.165, 1.54) is 12.4 Å². The molecule has 1 aliphatic rings. The molecule has 0 atom stereocenters. The van der Waals surface area contributed by atoms with E-state index in [2.05, 4.69) is 20.2 Å². The number of aromatic nitrogens is 2. The molecule has 1 aromatic carbocycles. The van der Waals surface area contributed by atoms with Crippen LogP contribution in [-0.4, -0.2) is 23.1 Å². The number of nitrogens with one attached hydrogen (secondary N) is 1. The zero-order valence-corrected chi connectivity index (χ0v) is 11.8.